The number of carbonyl (C=O) groups is 2. The van der Waals surface area contributed by atoms with E-state index in [2.05, 4.69) is 10.6 Å². The van der Waals surface area contributed by atoms with E-state index < -0.39 is 12.1 Å². The first-order valence-corrected chi connectivity index (χ1v) is 8.09. The third kappa shape index (κ3) is 5.78. The summed E-state index contributed by atoms with van der Waals surface area (Å²) >= 11 is 0. The Morgan fingerprint density at radius 3 is 2.54 bits per heavy atom. The van der Waals surface area contributed by atoms with Crippen LogP contribution in [0.5, 0.6) is 5.75 Å². The maximum Gasteiger partial charge on any atom is 0.339 e. The fourth-order valence-corrected chi connectivity index (χ4v) is 2.26. The van der Waals surface area contributed by atoms with Crippen LogP contribution in [0, 0.1) is 0 Å². The number of aliphatic hydroxyl groups is 1. The molecule has 138 valence electrons. The third-order valence-corrected chi connectivity index (χ3v) is 3.46. The standard InChI is InChI=1S/C19H22N2O5/c1-13(22)21-14-8-9-17(19(24)25-2)18(10-14)20-11-15(23)12-26-16-6-4-3-5-7-16/h3-10,15,20,23H,11-12H2,1-2H3,(H,21,22). The highest BCUT2D eigenvalue weighted by molar-refractivity contribution is 5.97. The molecule has 7 heteroatoms. The highest BCUT2D eigenvalue weighted by Gasteiger charge is 2.14. The number of esters is 1. The van der Waals surface area contributed by atoms with Crippen molar-refractivity contribution in [2.45, 2.75) is 13.0 Å². The molecule has 2 rings (SSSR count). The van der Waals surface area contributed by atoms with Gasteiger partial charge in [-0.1, -0.05) is 18.2 Å². The molecule has 0 aliphatic heterocycles. The van der Waals surface area contributed by atoms with E-state index in [4.69, 9.17) is 9.47 Å². The summed E-state index contributed by atoms with van der Waals surface area (Å²) in [7, 11) is 1.29. The predicted octanol–water partition coefficient (Wildman–Crippen LogP) is 2.28. The number of nitrogens with one attached hydrogen (secondary N) is 2. The van der Waals surface area contributed by atoms with Gasteiger partial charge in [0.15, 0.2) is 0 Å². The van der Waals surface area contributed by atoms with E-state index in [1.54, 1.807) is 30.3 Å². The van der Waals surface area contributed by atoms with E-state index in [-0.39, 0.29) is 19.1 Å². The Kier molecular flexibility index (Phi) is 6.99. The molecule has 26 heavy (non-hydrogen) atoms. The average Bonchev–Trinajstić information content (AvgIpc) is 2.64. The van der Waals surface area contributed by atoms with E-state index in [0.717, 1.165) is 0 Å². The van der Waals surface area contributed by atoms with Crippen LogP contribution in [0.15, 0.2) is 48.5 Å². The fourth-order valence-electron chi connectivity index (χ4n) is 2.26. The number of amides is 1. The molecule has 2 aromatic rings. The number of ether oxygens (including phenoxy) is 2. The highest BCUT2D eigenvalue weighted by Crippen LogP contribution is 2.22. The van der Waals surface area contributed by atoms with Gasteiger partial charge in [-0.2, -0.15) is 0 Å². The quantitative estimate of drug-likeness (QED) is 0.627. The molecule has 2 aromatic carbocycles. The monoisotopic (exact) mass is 358 g/mol. The minimum atomic E-state index is -0.801. The van der Waals surface area contributed by atoms with Crippen LogP contribution in [0.1, 0.15) is 17.3 Å². The molecule has 1 amide bonds. The Morgan fingerprint density at radius 1 is 1.15 bits per heavy atom. The lowest BCUT2D eigenvalue weighted by Crippen LogP contribution is -2.27. The van der Waals surface area contributed by atoms with Crippen LogP contribution in [-0.2, 0) is 9.53 Å². The molecule has 0 spiro atoms. The first kappa shape index (κ1) is 19.3. The SMILES string of the molecule is COC(=O)c1ccc(NC(C)=O)cc1NCC(O)COc1ccccc1. The zero-order chi connectivity index (χ0) is 18.9. The molecule has 1 atom stereocenters. The zero-order valence-electron chi connectivity index (χ0n) is 14.7. The molecule has 0 saturated heterocycles. The topological polar surface area (TPSA) is 96.9 Å². The molecule has 0 bridgehead atoms. The Labute approximate surface area is 151 Å². The number of carbonyl (C=O) groups excluding carboxylic acids is 2. The van der Waals surface area contributed by atoms with Gasteiger partial charge in [0.05, 0.1) is 18.4 Å². The third-order valence-electron chi connectivity index (χ3n) is 3.46. The maximum absolute atomic E-state index is 11.9. The molecular weight excluding hydrogens is 336 g/mol. The van der Waals surface area contributed by atoms with Crippen LogP contribution < -0.4 is 15.4 Å². The second-order valence-corrected chi connectivity index (χ2v) is 5.59. The van der Waals surface area contributed by atoms with Gasteiger partial charge in [-0.25, -0.2) is 4.79 Å². The molecule has 1 unspecified atom stereocenters. The number of methoxy groups -OCH3 is 1. The van der Waals surface area contributed by atoms with Gasteiger partial charge in [0, 0.05) is 19.2 Å². The van der Waals surface area contributed by atoms with Crippen molar-refractivity contribution in [2.24, 2.45) is 0 Å². The largest absolute Gasteiger partial charge is 0.491 e. The number of hydrogen-bond donors (Lipinski definition) is 3. The second-order valence-electron chi connectivity index (χ2n) is 5.59. The van der Waals surface area contributed by atoms with Gasteiger partial charge in [0.2, 0.25) is 5.91 Å². The van der Waals surface area contributed by atoms with Crippen LogP contribution in [0.2, 0.25) is 0 Å². The molecule has 0 saturated carbocycles. The number of benzene rings is 2. The minimum Gasteiger partial charge on any atom is -0.491 e. The number of aliphatic hydroxyl groups excluding tert-OH is 1. The smallest absolute Gasteiger partial charge is 0.339 e. The van der Waals surface area contributed by atoms with Gasteiger partial charge in [-0.3, -0.25) is 4.79 Å². The molecule has 0 aliphatic carbocycles. The lowest BCUT2D eigenvalue weighted by Gasteiger charge is -2.16. The van der Waals surface area contributed by atoms with Crippen molar-refractivity contribution in [1.29, 1.82) is 0 Å². The second kappa shape index (κ2) is 9.43. The lowest BCUT2D eigenvalue weighted by molar-refractivity contribution is -0.114. The van der Waals surface area contributed by atoms with E-state index >= 15 is 0 Å². The number of anilines is 2. The summed E-state index contributed by atoms with van der Waals surface area (Å²) in [4.78, 5) is 23.1. The van der Waals surface area contributed by atoms with Crippen LogP contribution >= 0.6 is 0 Å². The van der Waals surface area contributed by atoms with E-state index in [9.17, 15) is 14.7 Å². The van der Waals surface area contributed by atoms with Crippen LogP contribution in [0.25, 0.3) is 0 Å². The van der Waals surface area contributed by atoms with Crippen molar-refractivity contribution in [1.82, 2.24) is 0 Å². The van der Waals surface area contributed by atoms with Gasteiger partial charge in [0.1, 0.15) is 18.5 Å². The summed E-state index contributed by atoms with van der Waals surface area (Å²) in [5, 5.41) is 15.7. The molecule has 0 aromatic heterocycles. The van der Waals surface area contributed by atoms with Crippen molar-refractivity contribution in [2.75, 3.05) is 30.9 Å². The van der Waals surface area contributed by atoms with Crippen molar-refractivity contribution in [3.63, 3.8) is 0 Å². The summed E-state index contributed by atoms with van der Waals surface area (Å²) in [6, 6.07) is 13.9. The molecule has 0 radical (unpaired) electrons. The molecule has 0 aliphatic rings. The maximum atomic E-state index is 11.9. The van der Waals surface area contributed by atoms with Crippen molar-refractivity contribution in [3.05, 3.63) is 54.1 Å². The van der Waals surface area contributed by atoms with E-state index in [1.807, 2.05) is 18.2 Å². The van der Waals surface area contributed by atoms with E-state index in [1.165, 1.54) is 14.0 Å². The summed E-state index contributed by atoms with van der Waals surface area (Å²) in [5.74, 6) is -0.0792. The first-order chi connectivity index (χ1) is 12.5. The summed E-state index contributed by atoms with van der Waals surface area (Å²) < 4.78 is 10.2. The van der Waals surface area contributed by atoms with Gasteiger partial charge < -0.3 is 25.2 Å². The van der Waals surface area contributed by atoms with Crippen molar-refractivity contribution in [3.8, 4) is 5.75 Å². The van der Waals surface area contributed by atoms with Gasteiger partial charge in [0.25, 0.3) is 0 Å². The Morgan fingerprint density at radius 2 is 1.88 bits per heavy atom. The summed E-state index contributed by atoms with van der Waals surface area (Å²) in [5.41, 5.74) is 1.28. The minimum absolute atomic E-state index is 0.0932. The van der Waals surface area contributed by atoms with Crippen molar-refractivity contribution >= 4 is 23.3 Å². The van der Waals surface area contributed by atoms with Gasteiger partial charge in [-0.15, -0.1) is 0 Å². The number of para-hydroxylation sites is 1. The Hall–Kier alpha value is -3.06. The first-order valence-electron chi connectivity index (χ1n) is 8.09. The molecule has 7 nitrogen and oxygen atoms in total. The summed E-state index contributed by atoms with van der Waals surface area (Å²) in [6.07, 6.45) is -0.801. The van der Waals surface area contributed by atoms with Crippen LogP contribution in [-0.4, -0.2) is 43.3 Å². The predicted molar refractivity (Wildman–Crippen MR) is 98.5 cm³/mol. The lowest BCUT2D eigenvalue weighted by atomic mass is 10.1. The molecule has 3 N–H and O–H groups in total. The Bertz CT molecular complexity index is 749. The molecule has 0 heterocycles. The fraction of sp³-hybridized carbons (Fsp3) is 0.263. The average molecular weight is 358 g/mol. The zero-order valence-corrected chi connectivity index (χ0v) is 14.7. The van der Waals surface area contributed by atoms with Crippen LogP contribution in [0.4, 0.5) is 11.4 Å². The Balaban J connectivity index is 2.01. The molecule has 0 fully saturated rings. The van der Waals surface area contributed by atoms with Crippen LogP contribution in [0.3, 0.4) is 0 Å². The highest BCUT2D eigenvalue weighted by atomic mass is 16.5. The van der Waals surface area contributed by atoms with E-state index in [0.29, 0.717) is 22.7 Å². The summed E-state index contributed by atoms with van der Waals surface area (Å²) in [6.45, 7) is 1.64. The van der Waals surface area contributed by atoms with Gasteiger partial charge >= 0.3 is 5.97 Å². The molecular formula is C19H22N2O5. The van der Waals surface area contributed by atoms with Gasteiger partial charge in [-0.05, 0) is 30.3 Å². The number of rotatable bonds is 8. The number of hydrogen-bond acceptors (Lipinski definition) is 6. The normalized spacial score (nSPS) is 11.3. The van der Waals surface area contributed by atoms with Crippen molar-refractivity contribution < 1.29 is 24.2 Å².